The summed E-state index contributed by atoms with van der Waals surface area (Å²) in [6, 6.07) is 3.27. The molecule has 4 nitrogen and oxygen atoms in total. The lowest BCUT2D eigenvalue weighted by atomic mass is 10.1. The SMILES string of the molecule is CC[C@@H](C)C(=O)Nc1cc(Cl)c(OC)cc1OC. The lowest BCUT2D eigenvalue weighted by molar-refractivity contribution is -0.119. The highest BCUT2D eigenvalue weighted by molar-refractivity contribution is 6.32. The highest BCUT2D eigenvalue weighted by Crippen LogP contribution is 2.36. The van der Waals surface area contributed by atoms with Gasteiger partial charge >= 0.3 is 0 Å². The number of hydrogen-bond acceptors (Lipinski definition) is 3. The quantitative estimate of drug-likeness (QED) is 0.893. The van der Waals surface area contributed by atoms with Crippen molar-refractivity contribution in [1.82, 2.24) is 0 Å². The first-order valence-electron chi connectivity index (χ1n) is 5.75. The van der Waals surface area contributed by atoms with Crippen molar-refractivity contribution in [2.24, 2.45) is 5.92 Å². The zero-order valence-corrected chi connectivity index (χ0v) is 11.8. The van der Waals surface area contributed by atoms with Crippen LogP contribution in [0.3, 0.4) is 0 Å². The largest absolute Gasteiger partial charge is 0.495 e. The van der Waals surface area contributed by atoms with E-state index in [9.17, 15) is 4.79 Å². The van der Waals surface area contributed by atoms with Gasteiger partial charge in [0.2, 0.25) is 5.91 Å². The van der Waals surface area contributed by atoms with Crippen LogP contribution in [0.15, 0.2) is 12.1 Å². The standard InChI is InChI=1S/C13H18ClNO3/c1-5-8(2)13(16)15-10-6-9(14)11(17-3)7-12(10)18-4/h6-8H,5H2,1-4H3,(H,15,16)/t8-/m1/s1. The van der Waals surface area contributed by atoms with Crippen molar-refractivity contribution in [3.8, 4) is 11.5 Å². The Morgan fingerprint density at radius 1 is 1.33 bits per heavy atom. The minimum atomic E-state index is -0.0596. The third-order valence-corrected chi connectivity index (χ3v) is 3.09. The third kappa shape index (κ3) is 3.29. The molecule has 0 aliphatic rings. The van der Waals surface area contributed by atoms with Gasteiger partial charge < -0.3 is 14.8 Å². The number of halogens is 1. The molecule has 1 rings (SSSR count). The summed E-state index contributed by atoms with van der Waals surface area (Å²) in [5, 5.41) is 3.23. The molecule has 1 amide bonds. The van der Waals surface area contributed by atoms with E-state index in [0.717, 1.165) is 6.42 Å². The first kappa shape index (κ1) is 14.6. The number of nitrogens with one attached hydrogen (secondary N) is 1. The number of amides is 1. The van der Waals surface area contributed by atoms with E-state index in [0.29, 0.717) is 22.2 Å². The maximum Gasteiger partial charge on any atom is 0.227 e. The summed E-state index contributed by atoms with van der Waals surface area (Å²) in [7, 11) is 3.06. The summed E-state index contributed by atoms with van der Waals surface area (Å²) >= 11 is 6.02. The number of rotatable bonds is 5. The summed E-state index contributed by atoms with van der Waals surface area (Å²) in [6.07, 6.45) is 0.776. The molecule has 1 aromatic carbocycles. The molecule has 1 aromatic rings. The van der Waals surface area contributed by atoms with Gasteiger partial charge in [0, 0.05) is 12.0 Å². The molecule has 1 atom stereocenters. The van der Waals surface area contributed by atoms with Crippen molar-refractivity contribution >= 4 is 23.2 Å². The van der Waals surface area contributed by atoms with E-state index in [1.165, 1.54) is 14.2 Å². The number of hydrogen-bond donors (Lipinski definition) is 1. The average molecular weight is 272 g/mol. The molecule has 0 bridgehead atoms. The Labute approximate surface area is 112 Å². The average Bonchev–Trinajstić information content (AvgIpc) is 2.38. The molecule has 0 heterocycles. The predicted octanol–water partition coefficient (Wildman–Crippen LogP) is 3.34. The normalized spacial score (nSPS) is 11.8. The molecule has 100 valence electrons. The Bertz CT molecular complexity index is 434. The van der Waals surface area contributed by atoms with Crippen LogP contribution in [0.4, 0.5) is 5.69 Å². The van der Waals surface area contributed by atoms with Crippen LogP contribution in [0.2, 0.25) is 5.02 Å². The van der Waals surface area contributed by atoms with Gasteiger partial charge in [0.05, 0.1) is 24.9 Å². The van der Waals surface area contributed by atoms with Crippen molar-refractivity contribution in [2.75, 3.05) is 19.5 Å². The zero-order valence-electron chi connectivity index (χ0n) is 11.0. The van der Waals surface area contributed by atoms with Crippen LogP contribution in [0, 0.1) is 5.92 Å². The summed E-state index contributed by atoms with van der Waals surface area (Å²) in [6.45, 7) is 3.83. The van der Waals surface area contributed by atoms with Gasteiger partial charge in [0.25, 0.3) is 0 Å². The van der Waals surface area contributed by atoms with Crippen molar-refractivity contribution in [1.29, 1.82) is 0 Å². The second kappa shape index (κ2) is 6.50. The van der Waals surface area contributed by atoms with Crippen molar-refractivity contribution in [2.45, 2.75) is 20.3 Å². The maximum absolute atomic E-state index is 11.8. The molecule has 0 fully saturated rings. The molecule has 18 heavy (non-hydrogen) atoms. The number of ether oxygens (including phenoxy) is 2. The first-order chi connectivity index (χ1) is 8.53. The Kier molecular flexibility index (Phi) is 5.28. The molecule has 0 saturated heterocycles. The second-order valence-corrected chi connectivity index (χ2v) is 4.39. The fourth-order valence-electron chi connectivity index (χ4n) is 1.40. The molecule has 0 aliphatic carbocycles. The molecule has 0 spiro atoms. The van der Waals surface area contributed by atoms with E-state index < -0.39 is 0 Å². The minimum Gasteiger partial charge on any atom is -0.495 e. The Balaban J connectivity index is 3.01. The molecule has 5 heteroatoms. The highest BCUT2D eigenvalue weighted by Gasteiger charge is 2.15. The van der Waals surface area contributed by atoms with E-state index in [1.54, 1.807) is 12.1 Å². The first-order valence-corrected chi connectivity index (χ1v) is 6.13. The smallest absolute Gasteiger partial charge is 0.227 e. The summed E-state index contributed by atoms with van der Waals surface area (Å²) in [5.41, 5.74) is 0.550. The minimum absolute atomic E-state index is 0.0583. The molecule has 0 aromatic heterocycles. The van der Waals surface area contributed by atoms with E-state index in [1.807, 2.05) is 13.8 Å². The Morgan fingerprint density at radius 2 is 1.94 bits per heavy atom. The van der Waals surface area contributed by atoms with Gasteiger partial charge in [-0.2, -0.15) is 0 Å². The fourth-order valence-corrected chi connectivity index (χ4v) is 1.64. The lowest BCUT2D eigenvalue weighted by Gasteiger charge is -2.15. The Morgan fingerprint density at radius 3 is 2.44 bits per heavy atom. The summed E-state index contributed by atoms with van der Waals surface area (Å²) in [5.74, 6) is 0.913. The third-order valence-electron chi connectivity index (χ3n) is 2.79. The van der Waals surface area contributed by atoms with Crippen LogP contribution < -0.4 is 14.8 Å². The topological polar surface area (TPSA) is 47.6 Å². The maximum atomic E-state index is 11.8. The summed E-state index contributed by atoms with van der Waals surface area (Å²) in [4.78, 5) is 11.8. The van der Waals surface area contributed by atoms with Crippen molar-refractivity contribution < 1.29 is 14.3 Å². The van der Waals surface area contributed by atoms with Crippen LogP contribution >= 0.6 is 11.6 Å². The van der Waals surface area contributed by atoms with E-state index >= 15 is 0 Å². The van der Waals surface area contributed by atoms with Crippen molar-refractivity contribution in [3.63, 3.8) is 0 Å². The molecule has 1 N–H and O–H groups in total. The molecular formula is C13H18ClNO3. The van der Waals surface area contributed by atoms with Crippen LogP contribution in [-0.2, 0) is 4.79 Å². The van der Waals surface area contributed by atoms with Crippen molar-refractivity contribution in [3.05, 3.63) is 17.2 Å². The van der Waals surface area contributed by atoms with Crippen LogP contribution in [0.25, 0.3) is 0 Å². The van der Waals surface area contributed by atoms with Gasteiger partial charge in [0.15, 0.2) is 0 Å². The number of carbonyl (C=O) groups is 1. The predicted molar refractivity (Wildman–Crippen MR) is 72.6 cm³/mol. The molecule has 0 radical (unpaired) electrons. The molecular weight excluding hydrogens is 254 g/mol. The van der Waals surface area contributed by atoms with E-state index in [4.69, 9.17) is 21.1 Å². The lowest BCUT2D eigenvalue weighted by Crippen LogP contribution is -2.20. The van der Waals surface area contributed by atoms with Crippen LogP contribution in [-0.4, -0.2) is 20.1 Å². The summed E-state index contributed by atoms with van der Waals surface area (Å²) < 4.78 is 10.3. The fraction of sp³-hybridized carbons (Fsp3) is 0.462. The Hall–Kier alpha value is -1.42. The van der Waals surface area contributed by atoms with E-state index in [-0.39, 0.29) is 11.8 Å². The zero-order chi connectivity index (χ0) is 13.7. The van der Waals surface area contributed by atoms with Gasteiger partial charge in [-0.25, -0.2) is 0 Å². The number of anilines is 1. The molecule has 0 saturated carbocycles. The van der Waals surface area contributed by atoms with Gasteiger partial charge in [-0.3, -0.25) is 4.79 Å². The van der Waals surface area contributed by atoms with Gasteiger partial charge in [0.1, 0.15) is 11.5 Å². The molecule has 0 aliphatic heterocycles. The molecule has 0 unspecified atom stereocenters. The van der Waals surface area contributed by atoms with Crippen LogP contribution in [0.5, 0.6) is 11.5 Å². The van der Waals surface area contributed by atoms with Gasteiger partial charge in [-0.15, -0.1) is 0 Å². The number of carbonyl (C=O) groups excluding carboxylic acids is 1. The van der Waals surface area contributed by atoms with Gasteiger partial charge in [-0.1, -0.05) is 25.4 Å². The van der Waals surface area contributed by atoms with Crippen LogP contribution in [0.1, 0.15) is 20.3 Å². The second-order valence-electron chi connectivity index (χ2n) is 3.99. The monoisotopic (exact) mass is 271 g/mol. The van der Waals surface area contributed by atoms with E-state index in [2.05, 4.69) is 5.32 Å². The number of benzene rings is 1. The number of methoxy groups -OCH3 is 2. The highest BCUT2D eigenvalue weighted by atomic mass is 35.5. The van der Waals surface area contributed by atoms with Gasteiger partial charge in [-0.05, 0) is 12.5 Å².